The van der Waals surface area contributed by atoms with Gasteiger partial charge in [0.25, 0.3) is 10.0 Å². The number of fused-ring (bicyclic) bond motifs is 1. The van der Waals surface area contributed by atoms with Crippen LogP contribution in [0.5, 0.6) is 11.5 Å². The van der Waals surface area contributed by atoms with Crippen molar-refractivity contribution in [2.45, 2.75) is 11.3 Å². The van der Waals surface area contributed by atoms with Crippen LogP contribution in [0.15, 0.2) is 134 Å². The van der Waals surface area contributed by atoms with Crippen LogP contribution in [-0.2, 0) is 16.4 Å². The molecule has 0 amide bonds. The van der Waals surface area contributed by atoms with Gasteiger partial charge in [0, 0.05) is 23.2 Å². The van der Waals surface area contributed by atoms with E-state index >= 15 is 0 Å². The van der Waals surface area contributed by atoms with Crippen molar-refractivity contribution < 1.29 is 17.9 Å². The van der Waals surface area contributed by atoms with Gasteiger partial charge in [-0.3, -0.25) is 9.56 Å². The summed E-state index contributed by atoms with van der Waals surface area (Å²) in [4.78, 5) is 6.38. The first-order valence-electron chi connectivity index (χ1n) is 15.0. The lowest BCUT2D eigenvalue weighted by molar-refractivity contribution is 0.171. The van der Waals surface area contributed by atoms with Gasteiger partial charge in [-0.2, -0.15) is 13.5 Å². The van der Waals surface area contributed by atoms with E-state index in [0.717, 1.165) is 29.0 Å². The quantitative estimate of drug-likeness (QED) is 0.154. The highest BCUT2D eigenvalue weighted by Gasteiger charge is 2.19. The van der Waals surface area contributed by atoms with Crippen LogP contribution in [0.3, 0.4) is 0 Å². The third-order valence-corrected chi connectivity index (χ3v) is 11.1. The molecule has 13 heteroatoms. The standard InChI is InChI=1S/C35H28ClN5O4S3/c36-33-32(47-35(40(33)27-12-6-2-7-13-27)39-48(42,43)28-14-8-3-9-15-28)23-38-41-29(26-16-17-30-31(22-26)45-21-20-44-30)24-46-34(41)37-19-18-25-10-4-1-5-11-25/h1-17,22-24H,18-21H2/b37-34?,38-23-,39-35?. The van der Waals surface area contributed by atoms with Crippen LogP contribution in [0.2, 0.25) is 5.15 Å². The Hall–Kier alpha value is -4.75. The Morgan fingerprint density at radius 2 is 1.52 bits per heavy atom. The maximum absolute atomic E-state index is 13.3. The molecule has 0 spiro atoms. The maximum atomic E-state index is 13.3. The molecule has 0 bridgehead atoms. The van der Waals surface area contributed by atoms with Gasteiger partial charge in [0.05, 0.1) is 21.7 Å². The molecule has 3 heterocycles. The lowest BCUT2D eigenvalue weighted by Crippen LogP contribution is -2.16. The van der Waals surface area contributed by atoms with Gasteiger partial charge in [0.15, 0.2) is 11.5 Å². The van der Waals surface area contributed by atoms with E-state index < -0.39 is 10.0 Å². The molecule has 0 saturated carbocycles. The minimum atomic E-state index is -4.02. The lowest BCUT2D eigenvalue weighted by Gasteiger charge is -2.18. The van der Waals surface area contributed by atoms with Crippen molar-refractivity contribution >= 4 is 50.5 Å². The van der Waals surface area contributed by atoms with Gasteiger partial charge < -0.3 is 9.47 Å². The molecular weight excluding hydrogens is 686 g/mol. The van der Waals surface area contributed by atoms with E-state index in [1.807, 2.05) is 72.1 Å². The molecule has 0 saturated heterocycles. The van der Waals surface area contributed by atoms with E-state index in [0.29, 0.717) is 46.6 Å². The molecule has 0 aliphatic carbocycles. The number of ether oxygens (including phenoxy) is 2. The van der Waals surface area contributed by atoms with Crippen molar-refractivity contribution in [1.29, 1.82) is 0 Å². The first-order chi connectivity index (χ1) is 23.5. The van der Waals surface area contributed by atoms with Crippen LogP contribution in [0, 0.1) is 0 Å². The van der Waals surface area contributed by atoms with Crippen molar-refractivity contribution in [3.63, 3.8) is 0 Å². The van der Waals surface area contributed by atoms with Crippen molar-refractivity contribution in [2.24, 2.45) is 14.5 Å². The number of aromatic nitrogens is 2. The molecule has 0 fully saturated rings. The minimum absolute atomic E-state index is 0.0870. The number of benzene rings is 4. The van der Waals surface area contributed by atoms with Crippen molar-refractivity contribution in [1.82, 2.24) is 9.24 Å². The molecule has 9 nitrogen and oxygen atoms in total. The molecule has 4 aromatic carbocycles. The molecule has 1 aliphatic heterocycles. The molecular formula is C35H28ClN5O4S3. The molecule has 0 radical (unpaired) electrons. The Kier molecular flexibility index (Phi) is 9.39. The summed E-state index contributed by atoms with van der Waals surface area (Å²) in [6.07, 6.45) is 2.39. The number of halogens is 1. The second-order valence-corrected chi connectivity index (χ2v) is 14.3. The first-order valence-corrected chi connectivity index (χ1v) is 18.5. The fourth-order valence-electron chi connectivity index (χ4n) is 5.02. The fraction of sp³-hybridized carbons (Fsp3) is 0.114. The van der Waals surface area contributed by atoms with Gasteiger partial charge >= 0.3 is 0 Å². The van der Waals surface area contributed by atoms with Crippen LogP contribution in [0.25, 0.3) is 16.9 Å². The second-order valence-electron chi connectivity index (χ2n) is 10.5. The number of para-hydroxylation sites is 1. The summed E-state index contributed by atoms with van der Waals surface area (Å²) in [7, 11) is -4.02. The normalized spacial score (nSPS) is 13.8. The minimum Gasteiger partial charge on any atom is -0.486 e. The summed E-state index contributed by atoms with van der Waals surface area (Å²) >= 11 is 9.57. The van der Waals surface area contributed by atoms with Gasteiger partial charge in [-0.05, 0) is 54.4 Å². The smallest absolute Gasteiger partial charge is 0.285 e. The molecule has 1 aliphatic rings. The van der Waals surface area contributed by atoms with Crippen LogP contribution in [-0.4, -0.2) is 43.6 Å². The Labute approximate surface area is 290 Å². The molecule has 48 heavy (non-hydrogen) atoms. The summed E-state index contributed by atoms with van der Waals surface area (Å²) in [5.41, 5.74) is 3.53. The molecule has 242 valence electrons. The third-order valence-electron chi connectivity index (χ3n) is 7.35. The maximum Gasteiger partial charge on any atom is 0.285 e. The molecule has 6 aromatic rings. The Bertz CT molecular complexity index is 2330. The number of hydrogen-bond donors (Lipinski definition) is 0. The SMILES string of the molecule is O=S(=O)(N=c1sc(/C=N\n2c(-c3ccc4c(c3)OCCO4)csc2=NCCc2ccccc2)c(Cl)n1-c1ccccc1)c1ccccc1. The largest absolute Gasteiger partial charge is 0.486 e. The second kappa shape index (κ2) is 14.2. The van der Waals surface area contributed by atoms with Gasteiger partial charge in [-0.15, -0.1) is 15.7 Å². The Morgan fingerprint density at radius 1 is 0.833 bits per heavy atom. The Balaban J connectivity index is 1.33. The third kappa shape index (κ3) is 6.92. The highest BCUT2D eigenvalue weighted by Crippen LogP contribution is 2.35. The van der Waals surface area contributed by atoms with Crippen LogP contribution in [0.4, 0.5) is 0 Å². The number of thiazole rings is 2. The van der Waals surface area contributed by atoms with E-state index in [1.165, 1.54) is 29.0 Å². The topological polar surface area (TPSA) is 99.5 Å². The average Bonchev–Trinajstić information content (AvgIpc) is 3.67. The zero-order valence-corrected chi connectivity index (χ0v) is 28.6. The molecule has 0 atom stereocenters. The van der Waals surface area contributed by atoms with Crippen LogP contribution in [0.1, 0.15) is 10.4 Å². The van der Waals surface area contributed by atoms with Crippen molar-refractivity contribution in [3.8, 4) is 28.4 Å². The number of hydrogen-bond acceptors (Lipinski definition) is 8. The van der Waals surface area contributed by atoms with E-state index in [9.17, 15) is 8.42 Å². The van der Waals surface area contributed by atoms with E-state index in [2.05, 4.69) is 16.5 Å². The summed E-state index contributed by atoms with van der Waals surface area (Å²) in [6, 6.07) is 33.3. The van der Waals surface area contributed by atoms with Gasteiger partial charge in [0.1, 0.15) is 18.4 Å². The summed E-state index contributed by atoms with van der Waals surface area (Å²) in [5.74, 6) is 1.36. The fourth-order valence-corrected chi connectivity index (χ4v) is 8.38. The lowest BCUT2D eigenvalue weighted by atomic mass is 10.1. The average molecular weight is 714 g/mol. The van der Waals surface area contributed by atoms with Crippen LogP contribution < -0.4 is 19.1 Å². The summed E-state index contributed by atoms with van der Waals surface area (Å²) < 4.78 is 45.8. The van der Waals surface area contributed by atoms with E-state index in [1.54, 1.807) is 33.7 Å². The van der Waals surface area contributed by atoms with E-state index in [4.69, 9.17) is 31.2 Å². The molecule has 0 unspecified atom stereocenters. The highest BCUT2D eigenvalue weighted by molar-refractivity contribution is 7.90. The molecule has 7 rings (SSSR count). The Morgan fingerprint density at radius 3 is 2.27 bits per heavy atom. The first kappa shape index (κ1) is 31.8. The van der Waals surface area contributed by atoms with E-state index in [-0.39, 0.29) is 14.8 Å². The zero-order chi connectivity index (χ0) is 32.9. The number of rotatable bonds is 9. The predicted octanol–water partition coefficient (Wildman–Crippen LogP) is 6.81. The van der Waals surface area contributed by atoms with Gasteiger partial charge in [-0.25, -0.2) is 4.68 Å². The van der Waals surface area contributed by atoms with Gasteiger partial charge in [-0.1, -0.05) is 89.7 Å². The molecule has 0 N–H and O–H groups in total. The number of nitrogens with zero attached hydrogens (tertiary/aromatic N) is 5. The monoisotopic (exact) mass is 713 g/mol. The summed E-state index contributed by atoms with van der Waals surface area (Å²) in [6.45, 7) is 1.55. The zero-order valence-electron chi connectivity index (χ0n) is 25.3. The van der Waals surface area contributed by atoms with Crippen molar-refractivity contribution in [3.05, 3.63) is 140 Å². The summed E-state index contributed by atoms with van der Waals surface area (Å²) in [5, 5.41) is 7.14. The number of sulfonamides is 1. The van der Waals surface area contributed by atoms with Gasteiger partial charge in [0.2, 0.25) is 9.60 Å². The van der Waals surface area contributed by atoms with Crippen LogP contribution >= 0.6 is 34.3 Å². The predicted molar refractivity (Wildman–Crippen MR) is 190 cm³/mol. The van der Waals surface area contributed by atoms with Crippen molar-refractivity contribution in [2.75, 3.05) is 19.8 Å². The highest BCUT2D eigenvalue weighted by atomic mass is 35.5. The molecule has 2 aromatic heterocycles.